The van der Waals surface area contributed by atoms with Crippen molar-refractivity contribution in [2.45, 2.75) is 32.5 Å². The largest absolute Gasteiger partial charge is 0.369 e. The van der Waals surface area contributed by atoms with Crippen LogP contribution in [-0.4, -0.2) is 46.9 Å². The molecular weight excluding hydrogens is 465 g/mol. The highest BCUT2D eigenvalue weighted by Gasteiger charge is 2.23. The third-order valence-electron chi connectivity index (χ3n) is 4.38. The third-order valence-corrected chi connectivity index (χ3v) is 4.61. The first-order chi connectivity index (χ1) is 12.2. The van der Waals surface area contributed by atoms with Crippen LogP contribution in [0.3, 0.4) is 0 Å². The molecule has 1 fully saturated rings. The molecule has 2 aromatic rings. The van der Waals surface area contributed by atoms with E-state index in [2.05, 4.69) is 43.7 Å². The smallest absolute Gasteiger partial charge is 0.191 e. The van der Waals surface area contributed by atoms with E-state index in [1.54, 1.807) is 13.4 Å². The topological polar surface area (TPSA) is 70.4 Å². The van der Waals surface area contributed by atoms with Gasteiger partial charge in [0, 0.05) is 43.4 Å². The molecule has 9 heteroatoms. The second-order valence-electron chi connectivity index (χ2n) is 6.01. The fourth-order valence-electron chi connectivity index (χ4n) is 3.02. The number of guanidine groups is 1. The number of hydrogen-bond acceptors (Lipinski definition) is 4. The Balaban J connectivity index is 0.00000243. The zero-order valence-electron chi connectivity index (χ0n) is 15.0. The van der Waals surface area contributed by atoms with Crippen molar-refractivity contribution in [2.24, 2.45) is 4.99 Å². The minimum Gasteiger partial charge on any atom is -0.369 e. The molecule has 1 unspecified atom stereocenters. The monoisotopic (exact) mass is 489 g/mol. The maximum atomic E-state index is 6.10. The van der Waals surface area contributed by atoms with E-state index in [1.807, 2.05) is 22.8 Å². The van der Waals surface area contributed by atoms with Crippen LogP contribution in [0, 0.1) is 0 Å². The Hall–Kier alpha value is -1.55. The van der Waals surface area contributed by atoms with E-state index >= 15 is 0 Å². The first kappa shape index (κ1) is 20.8. The summed E-state index contributed by atoms with van der Waals surface area (Å²) >= 11 is 6.10. The lowest BCUT2D eigenvalue weighted by Gasteiger charge is -2.20. The summed E-state index contributed by atoms with van der Waals surface area (Å²) in [5, 5.41) is 15.6. The summed E-state index contributed by atoms with van der Waals surface area (Å²) < 4.78 is 2.01. The van der Waals surface area contributed by atoms with E-state index < -0.39 is 0 Å². The van der Waals surface area contributed by atoms with Gasteiger partial charge in [-0.3, -0.25) is 4.99 Å². The zero-order chi connectivity index (χ0) is 17.6. The number of nitrogens with one attached hydrogen (secondary N) is 2. The normalized spacial score (nSPS) is 17.1. The molecule has 1 aliphatic rings. The van der Waals surface area contributed by atoms with Gasteiger partial charge in [-0.1, -0.05) is 17.7 Å². The maximum absolute atomic E-state index is 6.10. The van der Waals surface area contributed by atoms with Gasteiger partial charge in [0.25, 0.3) is 0 Å². The molecule has 0 bridgehead atoms. The summed E-state index contributed by atoms with van der Waals surface area (Å²) in [5.74, 6) is 1.68. The highest BCUT2D eigenvalue weighted by molar-refractivity contribution is 14.0. The summed E-state index contributed by atoms with van der Waals surface area (Å²) in [4.78, 5) is 6.65. The van der Waals surface area contributed by atoms with Crippen molar-refractivity contribution in [3.63, 3.8) is 0 Å². The molecule has 1 aromatic heterocycles. The van der Waals surface area contributed by atoms with Crippen LogP contribution < -0.4 is 15.5 Å². The molecule has 7 nitrogen and oxygen atoms in total. The fourth-order valence-corrected chi connectivity index (χ4v) is 3.20. The Bertz CT molecular complexity index is 733. The second-order valence-corrected chi connectivity index (χ2v) is 6.45. The molecule has 0 saturated carbocycles. The van der Waals surface area contributed by atoms with Crippen molar-refractivity contribution in [3.05, 3.63) is 41.4 Å². The van der Waals surface area contributed by atoms with E-state index in [9.17, 15) is 0 Å². The minimum atomic E-state index is 0. The van der Waals surface area contributed by atoms with Gasteiger partial charge in [-0.15, -0.1) is 34.2 Å². The number of benzene rings is 1. The second kappa shape index (κ2) is 9.96. The van der Waals surface area contributed by atoms with Gasteiger partial charge in [-0.05, 0) is 31.5 Å². The van der Waals surface area contributed by atoms with Crippen LogP contribution in [-0.2, 0) is 13.1 Å². The molecule has 0 radical (unpaired) electrons. The van der Waals surface area contributed by atoms with Gasteiger partial charge in [0.05, 0.1) is 6.54 Å². The molecule has 142 valence electrons. The van der Waals surface area contributed by atoms with Crippen molar-refractivity contribution < 1.29 is 0 Å². The summed E-state index contributed by atoms with van der Waals surface area (Å²) in [6, 6.07) is 8.34. The summed E-state index contributed by atoms with van der Waals surface area (Å²) in [5.41, 5.74) is 1.16. The van der Waals surface area contributed by atoms with Crippen molar-refractivity contribution in [3.8, 4) is 0 Å². The number of aryl methyl sites for hydroxylation is 1. The molecule has 1 aromatic carbocycles. The van der Waals surface area contributed by atoms with Gasteiger partial charge in [0.15, 0.2) is 11.8 Å². The van der Waals surface area contributed by atoms with Crippen molar-refractivity contribution in [1.29, 1.82) is 0 Å². The van der Waals surface area contributed by atoms with Crippen molar-refractivity contribution in [2.75, 3.05) is 25.0 Å². The Morgan fingerprint density at radius 3 is 3.00 bits per heavy atom. The molecule has 0 amide bonds. The Morgan fingerprint density at radius 1 is 1.42 bits per heavy atom. The molecule has 26 heavy (non-hydrogen) atoms. The predicted octanol–water partition coefficient (Wildman–Crippen LogP) is 2.51. The quantitative estimate of drug-likeness (QED) is 0.384. The van der Waals surface area contributed by atoms with Gasteiger partial charge in [0.1, 0.15) is 6.33 Å². The number of rotatable bonds is 5. The Labute approximate surface area is 176 Å². The lowest BCUT2D eigenvalue weighted by Crippen LogP contribution is -2.44. The van der Waals surface area contributed by atoms with Crippen molar-refractivity contribution in [1.82, 2.24) is 25.4 Å². The number of aliphatic imine (C=N–C) groups is 1. The number of nitrogens with zero attached hydrogens (tertiary/aromatic N) is 5. The van der Waals surface area contributed by atoms with E-state index in [0.29, 0.717) is 12.6 Å². The SMILES string of the molecule is CCn1cnnc1CNC(=NC)NC1CCN(c2cccc(Cl)c2)C1.I. The van der Waals surface area contributed by atoms with Gasteiger partial charge in [-0.2, -0.15) is 0 Å². The fraction of sp³-hybridized carbons (Fsp3) is 0.471. The highest BCUT2D eigenvalue weighted by atomic mass is 127. The zero-order valence-corrected chi connectivity index (χ0v) is 18.1. The van der Waals surface area contributed by atoms with Crippen molar-refractivity contribution >= 4 is 47.2 Å². The molecule has 0 spiro atoms. The molecule has 3 rings (SSSR count). The van der Waals surface area contributed by atoms with Crippen LogP contribution in [0.2, 0.25) is 5.02 Å². The number of hydrogen-bond donors (Lipinski definition) is 2. The lowest BCUT2D eigenvalue weighted by atomic mass is 10.3. The van der Waals surface area contributed by atoms with Crippen LogP contribution in [0.25, 0.3) is 0 Å². The number of halogens is 2. The Kier molecular flexibility index (Phi) is 7.95. The first-order valence-electron chi connectivity index (χ1n) is 8.54. The van der Waals surface area contributed by atoms with E-state index in [-0.39, 0.29) is 24.0 Å². The first-order valence-corrected chi connectivity index (χ1v) is 8.91. The van der Waals surface area contributed by atoms with Crippen LogP contribution in [0.15, 0.2) is 35.6 Å². The number of anilines is 1. The van der Waals surface area contributed by atoms with Gasteiger partial charge >= 0.3 is 0 Å². The van der Waals surface area contributed by atoms with Gasteiger partial charge in [-0.25, -0.2) is 0 Å². The third kappa shape index (κ3) is 5.23. The van der Waals surface area contributed by atoms with Gasteiger partial charge < -0.3 is 20.1 Å². The lowest BCUT2D eigenvalue weighted by molar-refractivity contribution is 0.631. The average molecular weight is 490 g/mol. The summed E-state index contributed by atoms with van der Waals surface area (Å²) in [7, 11) is 1.78. The molecule has 2 N–H and O–H groups in total. The minimum absolute atomic E-state index is 0. The molecule has 1 saturated heterocycles. The molecule has 0 aliphatic carbocycles. The van der Waals surface area contributed by atoms with Crippen LogP contribution >= 0.6 is 35.6 Å². The van der Waals surface area contributed by atoms with E-state index in [1.165, 1.54) is 0 Å². The number of aromatic nitrogens is 3. The van der Waals surface area contributed by atoms with Gasteiger partial charge in [0.2, 0.25) is 0 Å². The Morgan fingerprint density at radius 2 is 2.27 bits per heavy atom. The van der Waals surface area contributed by atoms with E-state index in [4.69, 9.17) is 11.6 Å². The average Bonchev–Trinajstić information content (AvgIpc) is 3.27. The van der Waals surface area contributed by atoms with Crippen LogP contribution in [0.1, 0.15) is 19.2 Å². The molecule has 2 heterocycles. The van der Waals surface area contributed by atoms with Crippen LogP contribution in [0.4, 0.5) is 5.69 Å². The van der Waals surface area contributed by atoms with Crippen LogP contribution in [0.5, 0.6) is 0 Å². The standard InChI is InChI=1S/C17H24ClN7.HI/c1-3-24-12-21-23-16(24)10-20-17(19-2)22-14-7-8-25(11-14)15-6-4-5-13(18)9-15;/h4-6,9,12,14H,3,7-8,10-11H2,1-2H3,(H2,19,20,22);1H. The molecule has 1 aliphatic heterocycles. The summed E-state index contributed by atoms with van der Waals surface area (Å²) in [6.07, 6.45) is 2.80. The molecular formula is C17H25ClIN7. The summed E-state index contributed by atoms with van der Waals surface area (Å²) in [6.45, 7) is 5.44. The highest BCUT2D eigenvalue weighted by Crippen LogP contribution is 2.23. The predicted molar refractivity (Wildman–Crippen MR) is 117 cm³/mol. The molecule has 1 atom stereocenters. The van der Waals surface area contributed by atoms with E-state index in [0.717, 1.165) is 48.5 Å². The maximum Gasteiger partial charge on any atom is 0.191 e.